The van der Waals surface area contributed by atoms with Gasteiger partial charge < -0.3 is 5.32 Å². The molecule has 0 amide bonds. The summed E-state index contributed by atoms with van der Waals surface area (Å²) in [6, 6.07) is 6.71. The van der Waals surface area contributed by atoms with Gasteiger partial charge >= 0.3 is 0 Å². The summed E-state index contributed by atoms with van der Waals surface area (Å²) in [5.74, 6) is 0. The van der Waals surface area contributed by atoms with Gasteiger partial charge in [-0.1, -0.05) is 0 Å². The highest BCUT2D eigenvalue weighted by Crippen LogP contribution is 2.24. The molecule has 1 atom stereocenters. The third-order valence-corrected chi connectivity index (χ3v) is 4.95. The Hall–Kier alpha value is -0.230. The molecule has 5 heteroatoms. The fraction of sp³-hybridized carbons (Fsp3) is 0.308. The van der Waals surface area contributed by atoms with Crippen molar-refractivity contribution < 1.29 is 0 Å². The number of rotatable bonds is 4. The number of aryl methyl sites for hydroxylation is 1. The second kappa shape index (κ2) is 6.28. The number of aromatic nitrogens is 1. The summed E-state index contributed by atoms with van der Waals surface area (Å²) in [7, 11) is 0. The molecule has 0 saturated heterocycles. The van der Waals surface area contributed by atoms with Gasteiger partial charge in [-0.15, -0.1) is 11.3 Å². The standard InChI is InChI=1S/C13H14Br2N2S/c1-8-3-4-13(18-8)9(2)16-7-12-11(15)5-10(14)6-17-12/h3-6,9,16H,7H2,1-2H3. The van der Waals surface area contributed by atoms with Gasteiger partial charge in [0.1, 0.15) is 0 Å². The molecule has 2 aromatic heterocycles. The molecule has 0 aromatic carbocycles. The van der Waals surface area contributed by atoms with Crippen LogP contribution in [-0.2, 0) is 6.54 Å². The lowest BCUT2D eigenvalue weighted by atomic mass is 10.2. The molecular weight excluding hydrogens is 376 g/mol. The molecule has 1 unspecified atom stereocenters. The Labute approximate surface area is 128 Å². The van der Waals surface area contributed by atoms with E-state index in [0.29, 0.717) is 6.04 Å². The van der Waals surface area contributed by atoms with Crippen LogP contribution < -0.4 is 5.32 Å². The molecule has 18 heavy (non-hydrogen) atoms. The van der Waals surface area contributed by atoms with E-state index in [1.165, 1.54) is 9.75 Å². The first-order valence-corrected chi connectivity index (χ1v) is 8.06. The van der Waals surface area contributed by atoms with Gasteiger partial charge in [-0.2, -0.15) is 0 Å². The summed E-state index contributed by atoms with van der Waals surface area (Å²) in [5.41, 5.74) is 1.03. The molecule has 2 nitrogen and oxygen atoms in total. The van der Waals surface area contributed by atoms with Crippen LogP contribution in [0.25, 0.3) is 0 Å². The Morgan fingerprint density at radius 3 is 2.78 bits per heavy atom. The second-order valence-corrected chi connectivity index (χ2v) is 7.22. The van der Waals surface area contributed by atoms with Gasteiger partial charge in [0.15, 0.2) is 0 Å². The van der Waals surface area contributed by atoms with Gasteiger partial charge in [-0.3, -0.25) is 4.98 Å². The van der Waals surface area contributed by atoms with Gasteiger partial charge in [0, 0.05) is 37.5 Å². The Bertz CT molecular complexity index is 540. The van der Waals surface area contributed by atoms with Gasteiger partial charge in [0.05, 0.1) is 5.69 Å². The Balaban J connectivity index is 1.99. The van der Waals surface area contributed by atoms with E-state index in [1.54, 1.807) is 0 Å². The minimum Gasteiger partial charge on any atom is -0.304 e. The SMILES string of the molecule is Cc1ccc(C(C)NCc2ncc(Br)cc2Br)s1. The van der Waals surface area contributed by atoms with Crippen molar-refractivity contribution in [1.82, 2.24) is 10.3 Å². The molecule has 0 aliphatic carbocycles. The lowest BCUT2D eigenvalue weighted by Gasteiger charge is -2.12. The molecule has 0 radical (unpaired) electrons. The second-order valence-electron chi connectivity index (χ2n) is 4.13. The van der Waals surface area contributed by atoms with Crippen molar-refractivity contribution in [1.29, 1.82) is 0 Å². The van der Waals surface area contributed by atoms with E-state index >= 15 is 0 Å². The van der Waals surface area contributed by atoms with Crippen LogP contribution in [0.3, 0.4) is 0 Å². The highest BCUT2D eigenvalue weighted by molar-refractivity contribution is 9.11. The van der Waals surface area contributed by atoms with Gasteiger partial charge in [0.2, 0.25) is 0 Å². The number of hydrogen-bond acceptors (Lipinski definition) is 3. The number of halogens is 2. The summed E-state index contributed by atoms with van der Waals surface area (Å²) in [5, 5.41) is 3.49. The highest BCUT2D eigenvalue weighted by Gasteiger charge is 2.09. The third-order valence-electron chi connectivity index (χ3n) is 2.65. The van der Waals surface area contributed by atoms with Crippen molar-refractivity contribution in [2.45, 2.75) is 26.4 Å². The normalized spacial score (nSPS) is 12.7. The van der Waals surface area contributed by atoms with Crippen molar-refractivity contribution in [2.24, 2.45) is 0 Å². The zero-order valence-electron chi connectivity index (χ0n) is 10.2. The van der Waals surface area contributed by atoms with E-state index in [0.717, 1.165) is 21.2 Å². The number of hydrogen-bond donors (Lipinski definition) is 1. The predicted octanol–water partition coefficient (Wildman–Crippen LogP) is 4.83. The van der Waals surface area contributed by atoms with Crippen LogP contribution in [0.4, 0.5) is 0 Å². The smallest absolute Gasteiger partial charge is 0.0684 e. The first-order chi connectivity index (χ1) is 8.56. The molecule has 0 spiro atoms. The molecule has 0 aliphatic heterocycles. The monoisotopic (exact) mass is 388 g/mol. The molecule has 2 rings (SSSR count). The van der Waals surface area contributed by atoms with Crippen LogP contribution in [0.1, 0.15) is 28.4 Å². The van der Waals surface area contributed by atoms with E-state index in [4.69, 9.17) is 0 Å². The fourth-order valence-corrected chi connectivity index (χ4v) is 3.64. The maximum atomic E-state index is 4.40. The van der Waals surface area contributed by atoms with Crippen LogP contribution in [-0.4, -0.2) is 4.98 Å². The highest BCUT2D eigenvalue weighted by atomic mass is 79.9. The number of nitrogens with one attached hydrogen (secondary N) is 1. The largest absolute Gasteiger partial charge is 0.304 e. The van der Waals surface area contributed by atoms with Crippen molar-refractivity contribution in [3.8, 4) is 0 Å². The Morgan fingerprint density at radius 2 is 2.17 bits per heavy atom. The molecule has 96 valence electrons. The Kier molecular flexibility index (Phi) is 4.95. The summed E-state index contributed by atoms with van der Waals surface area (Å²) in [6.45, 7) is 5.07. The molecule has 1 N–H and O–H groups in total. The van der Waals surface area contributed by atoms with E-state index in [2.05, 4.69) is 68.1 Å². The van der Waals surface area contributed by atoms with Crippen molar-refractivity contribution in [3.05, 3.63) is 48.8 Å². The molecule has 0 aliphatic rings. The van der Waals surface area contributed by atoms with Crippen LogP contribution in [0.5, 0.6) is 0 Å². The quantitative estimate of drug-likeness (QED) is 0.810. The topological polar surface area (TPSA) is 24.9 Å². The van der Waals surface area contributed by atoms with E-state index < -0.39 is 0 Å². The summed E-state index contributed by atoms with van der Waals surface area (Å²) >= 11 is 8.77. The lowest BCUT2D eigenvalue weighted by Crippen LogP contribution is -2.18. The van der Waals surface area contributed by atoms with Crippen molar-refractivity contribution in [3.63, 3.8) is 0 Å². The average Bonchev–Trinajstić information content (AvgIpc) is 2.74. The molecule has 2 heterocycles. The zero-order chi connectivity index (χ0) is 13.1. The van der Waals surface area contributed by atoms with Crippen LogP contribution in [0, 0.1) is 6.92 Å². The summed E-state index contributed by atoms with van der Waals surface area (Å²) in [6.07, 6.45) is 1.82. The van der Waals surface area contributed by atoms with Gasteiger partial charge in [-0.25, -0.2) is 0 Å². The molecular formula is C13H14Br2N2S. The van der Waals surface area contributed by atoms with Crippen LogP contribution in [0.2, 0.25) is 0 Å². The van der Waals surface area contributed by atoms with E-state index in [9.17, 15) is 0 Å². The number of nitrogens with zero attached hydrogens (tertiary/aromatic N) is 1. The summed E-state index contributed by atoms with van der Waals surface area (Å²) < 4.78 is 2.01. The minimum absolute atomic E-state index is 0.348. The lowest BCUT2D eigenvalue weighted by molar-refractivity contribution is 0.574. The molecule has 0 saturated carbocycles. The third kappa shape index (κ3) is 3.63. The maximum absolute atomic E-state index is 4.40. The van der Waals surface area contributed by atoms with Crippen LogP contribution >= 0.6 is 43.2 Å². The molecule has 0 bridgehead atoms. The van der Waals surface area contributed by atoms with Gasteiger partial charge in [0.25, 0.3) is 0 Å². The number of thiophene rings is 1. The van der Waals surface area contributed by atoms with E-state index in [1.807, 2.05) is 23.6 Å². The van der Waals surface area contributed by atoms with Crippen molar-refractivity contribution in [2.75, 3.05) is 0 Å². The fourth-order valence-electron chi connectivity index (χ4n) is 1.61. The number of pyridine rings is 1. The maximum Gasteiger partial charge on any atom is 0.0684 e. The minimum atomic E-state index is 0.348. The van der Waals surface area contributed by atoms with Crippen LogP contribution in [0.15, 0.2) is 33.3 Å². The first kappa shape index (κ1) is 14.2. The van der Waals surface area contributed by atoms with Crippen molar-refractivity contribution >= 4 is 43.2 Å². The first-order valence-electron chi connectivity index (χ1n) is 5.66. The van der Waals surface area contributed by atoms with Gasteiger partial charge in [-0.05, 0) is 63.9 Å². The Morgan fingerprint density at radius 1 is 1.39 bits per heavy atom. The van der Waals surface area contributed by atoms with E-state index in [-0.39, 0.29) is 0 Å². The predicted molar refractivity (Wildman–Crippen MR) is 83.9 cm³/mol. The summed E-state index contributed by atoms with van der Waals surface area (Å²) in [4.78, 5) is 7.11. The zero-order valence-corrected chi connectivity index (χ0v) is 14.2. The average molecular weight is 390 g/mol. The molecule has 2 aromatic rings. The molecule has 0 fully saturated rings.